The number of hydrogen-bond acceptors (Lipinski definition) is 3. The molecule has 1 fully saturated rings. The Morgan fingerprint density at radius 3 is 2.70 bits per heavy atom. The van der Waals surface area contributed by atoms with Crippen LogP contribution in [0, 0.1) is 0 Å². The lowest BCUT2D eigenvalue weighted by atomic mass is 10.0. The van der Waals surface area contributed by atoms with Crippen LogP contribution in [0.4, 0.5) is 0 Å². The van der Waals surface area contributed by atoms with E-state index in [0.717, 1.165) is 18.4 Å². The second kappa shape index (κ2) is 6.02. The SMILES string of the molecule is CC(C)c1ccc(Cl)c(S(=O)(=O)N2CCC[C@@H](N)C2)c1. The van der Waals surface area contributed by atoms with Crippen LogP contribution in [0.25, 0.3) is 0 Å². The molecule has 0 spiro atoms. The van der Waals surface area contributed by atoms with Crippen molar-refractivity contribution < 1.29 is 8.42 Å². The lowest BCUT2D eigenvalue weighted by Gasteiger charge is -2.30. The molecule has 1 saturated heterocycles. The Morgan fingerprint density at radius 2 is 2.10 bits per heavy atom. The van der Waals surface area contributed by atoms with E-state index < -0.39 is 10.0 Å². The molecule has 1 aromatic rings. The minimum absolute atomic E-state index is 0.0921. The molecule has 0 bridgehead atoms. The Morgan fingerprint density at radius 1 is 1.40 bits per heavy atom. The molecule has 1 aliphatic rings. The maximum atomic E-state index is 12.7. The van der Waals surface area contributed by atoms with Crippen LogP contribution in [-0.2, 0) is 10.0 Å². The zero-order chi connectivity index (χ0) is 14.9. The first-order valence-corrected chi connectivity index (χ1v) is 8.69. The van der Waals surface area contributed by atoms with Gasteiger partial charge < -0.3 is 5.73 Å². The Balaban J connectivity index is 2.40. The smallest absolute Gasteiger partial charge is 0.244 e. The zero-order valence-corrected chi connectivity index (χ0v) is 13.4. The lowest BCUT2D eigenvalue weighted by molar-refractivity contribution is 0.316. The van der Waals surface area contributed by atoms with E-state index in [-0.39, 0.29) is 21.9 Å². The molecular formula is C14H21ClN2O2S. The van der Waals surface area contributed by atoms with Crippen molar-refractivity contribution >= 4 is 21.6 Å². The third kappa shape index (κ3) is 3.17. The van der Waals surface area contributed by atoms with Crippen molar-refractivity contribution in [2.75, 3.05) is 13.1 Å². The minimum atomic E-state index is -3.56. The molecule has 0 aliphatic carbocycles. The summed E-state index contributed by atoms with van der Waals surface area (Å²) >= 11 is 6.10. The molecule has 4 nitrogen and oxygen atoms in total. The molecule has 0 saturated carbocycles. The van der Waals surface area contributed by atoms with E-state index in [9.17, 15) is 8.42 Å². The summed E-state index contributed by atoms with van der Waals surface area (Å²) in [4.78, 5) is 0.194. The van der Waals surface area contributed by atoms with Gasteiger partial charge in [0, 0.05) is 19.1 Å². The summed E-state index contributed by atoms with van der Waals surface area (Å²) in [6, 6.07) is 5.12. The third-order valence-electron chi connectivity index (χ3n) is 3.66. The van der Waals surface area contributed by atoms with Gasteiger partial charge in [0.05, 0.1) is 5.02 Å². The highest BCUT2D eigenvalue weighted by molar-refractivity contribution is 7.89. The molecule has 0 amide bonds. The fourth-order valence-corrected chi connectivity index (χ4v) is 4.45. The van der Waals surface area contributed by atoms with Crippen molar-refractivity contribution in [2.45, 2.75) is 43.5 Å². The van der Waals surface area contributed by atoms with E-state index in [1.165, 1.54) is 4.31 Å². The highest BCUT2D eigenvalue weighted by Gasteiger charge is 2.30. The molecule has 2 rings (SSSR count). The number of benzene rings is 1. The first kappa shape index (κ1) is 15.8. The number of sulfonamides is 1. The Hall–Kier alpha value is -0.620. The van der Waals surface area contributed by atoms with Gasteiger partial charge in [0.25, 0.3) is 0 Å². The van der Waals surface area contributed by atoms with Crippen LogP contribution in [0.2, 0.25) is 5.02 Å². The van der Waals surface area contributed by atoms with Crippen LogP contribution >= 0.6 is 11.6 Å². The Bertz CT molecular complexity index is 587. The van der Waals surface area contributed by atoms with Gasteiger partial charge in [0.2, 0.25) is 10.0 Å². The average Bonchev–Trinajstić information content (AvgIpc) is 2.38. The molecule has 1 heterocycles. The quantitative estimate of drug-likeness (QED) is 0.932. The number of hydrogen-bond donors (Lipinski definition) is 1. The maximum absolute atomic E-state index is 12.7. The van der Waals surface area contributed by atoms with Crippen LogP contribution in [0.3, 0.4) is 0 Å². The summed E-state index contributed by atoms with van der Waals surface area (Å²) in [5, 5.41) is 0.272. The fraction of sp³-hybridized carbons (Fsp3) is 0.571. The van der Waals surface area contributed by atoms with Gasteiger partial charge in [0.1, 0.15) is 4.90 Å². The number of piperidine rings is 1. The van der Waals surface area contributed by atoms with Crippen LogP contribution in [0.15, 0.2) is 23.1 Å². The number of halogens is 1. The van der Waals surface area contributed by atoms with E-state index in [2.05, 4.69) is 0 Å². The van der Waals surface area contributed by atoms with E-state index in [0.29, 0.717) is 13.1 Å². The van der Waals surface area contributed by atoms with Crippen molar-refractivity contribution in [3.63, 3.8) is 0 Å². The second-order valence-corrected chi connectivity index (χ2v) is 7.92. The van der Waals surface area contributed by atoms with Crippen LogP contribution in [0.5, 0.6) is 0 Å². The van der Waals surface area contributed by atoms with Crippen LogP contribution in [0.1, 0.15) is 38.2 Å². The summed E-state index contributed by atoms with van der Waals surface area (Å²) < 4.78 is 26.9. The number of nitrogens with zero attached hydrogens (tertiary/aromatic N) is 1. The first-order chi connectivity index (χ1) is 9.32. The summed E-state index contributed by atoms with van der Waals surface area (Å²) in [6.45, 7) is 4.93. The minimum Gasteiger partial charge on any atom is -0.327 e. The molecule has 2 N–H and O–H groups in total. The summed E-state index contributed by atoms with van der Waals surface area (Å²) in [6.07, 6.45) is 1.66. The molecule has 6 heteroatoms. The Labute approximate surface area is 126 Å². The molecule has 20 heavy (non-hydrogen) atoms. The Kier molecular flexibility index (Phi) is 4.74. The predicted molar refractivity (Wildman–Crippen MR) is 81.5 cm³/mol. The summed E-state index contributed by atoms with van der Waals surface area (Å²) in [7, 11) is -3.56. The van der Waals surface area contributed by atoms with Crippen LogP contribution < -0.4 is 5.73 Å². The number of rotatable bonds is 3. The van der Waals surface area contributed by atoms with Crippen molar-refractivity contribution in [3.05, 3.63) is 28.8 Å². The lowest BCUT2D eigenvalue weighted by Crippen LogP contribution is -2.45. The van der Waals surface area contributed by atoms with E-state index in [1.807, 2.05) is 19.9 Å². The van der Waals surface area contributed by atoms with Gasteiger partial charge in [-0.3, -0.25) is 0 Å². The van der Waals surface area contributed by atoms with Gasteiger partial charge in [0.15, 0.2) is 0 Å². The maximum Gasteiger partial charge on any atom is 0.244 e. The molecule has 0 aromatic heterocycles. The second-order valence-electron chi connectivity index (χ2n) is 5.61. The highest BCUT2D eigenvalue weighted by atomic mass is 35.5. The summed E-state index contributed by atoms with van der Waals surface area (Å²) in [5.41, 5.74) is 6.84. The molecule has 1 aliphatic heterocycles. The monoisotopic (exact) mass is 316 g/mol. The molecular weight excluding hydrogens is 296 g/mol. The zero-order valence-electron chi connectivity index (χ0n) is 11.8. The average molecular weight is 317 g/mol. The van der Waals surface area contributed by atoms with Crippen molar-refractivity contribution in [1.29, 1.82) is 0 Å². The number of nitrogens with two attached hydrogens (primary N) is 1. The molecule has 1 atom stereocenters. The standard InChI is InChI=1S/C14H21ClN2O2S/c1-10(2)11-5-6-13(15)14(8-11)20(18,19)17-7-3-4-12(16)9-17/h5-6,8,10,12H,3-4,7,9,16H2,1-2H3/t12-/m1/s1. The van der Waals surface area contributed by atoms with Crippen molar-refractivity contribution in [1.82, 2.24) is 4.31 Å². The first-order valence-electron chi connectivity index (χ1n) is 6.87. The normalized spacial score (nSPS) is 21.4. The largest absolute Gasteiger partial charge is 0.327 e. The molecule has 0 radical (unpaired) electrons. The van der Waals surface area contributed by atoms with Gasteiger partial charge in [-0.2, -0.15) is 4.31 Å². The topological polar surface area (TPSA) is 63.4 Å². The van der Waals surface area contributed by atoms with Crippen molar-refractivity contribution in [2.24, 2.45) is 5.73 Å². The molecule has 112 valence electrons. The fourth-order valence-electron chi connectivity index (χ4n) is 2.41. The van der Waals surface area contributed by atoms with Gasteiger partial charge in [-0.15, -0.1) is 0 Å². The van der Waals surface area contributed by atoms with Gasteiger partial charge in [-0.25, -0.2) is 8.42 Å². The predicted octanol–water partition coefficient (Wildman–Crippen LogP) is 2.58. The van der Waals surface area contributed by atoms with Gasteiger partial charge in [-0.1, -0.05) is 31.5 Å². The van der Waals surface area contributed by atoms with Gasteiger partial charge in [-0.05, 0) is 36.5 Å². The van der Waals surface area contributed by atoms with Crippen molar-refractivity contribution in [3.8, 4) is 0 Å². The summed E-state index contributed by atoms with van der Waals surface area (Å²) in [5.74, 6) is 0.254. The highest BCUT2D eigenvalue weighted by Crippen LogP contribution is 2.29. The van der Waals surface area contributed by atoms with Crippen LogP contribution in [-0.4, -0.2) is 31.9 Å². The van der Waals surface area contributed by atoms with Gasteiger partial charge >= 0.3 is 0 Å². The van der Waals surface area contributed by atoms with E-state index in [4.69, 9.17) is 17.3 Å². The van der Waals surface area contributed by atoms with E-state index in [1.54, 1.807) is 12.1 Å². The van der Waals surface area contributed by atoms with E-state index >= 15 is 0 Å². The third-order valence-corrected chi connectivity index (χ3v) is 6.01. The molecule has 0 unspecified atom stereocenters. The molecule has 1 aromatic carbocycles.